The van der Waals surface area contributed by atoms with E-state index in [9.17, 15) is 9.59 Å². The van der Waals surface area contributed by atoms with Crippen LogP contribution in [0.1, 0.15) is 20.8 Å². The second-order valence-corrected chi connectivity index (χ2v) is 4.72. The molecule has 1 aliphatic heterocycles. The maximum absolute atomic E-state index is 11.6. The smallest absolute Gasteiger partial charge is 0.329 e. The molecule has 1 N–H and O–H groups in total. The average Bonchev–Trinajstić information content (AvgIpc) is 2.50. The third-order valence-electron chi connectivity index (χ3n) is 2.45. The average molecular weight is 214 g/mol. The zero-order chi connectivity index (χ0) is 11.6. The largest absolute Gasteiger partial charge is 0.467 e. The lowest BCUT2D eigenvalue weighted by Crippen LogP contribution is -2.51. The standard InChI is InChI=1S/C10H18N2O3/c1-10(2,3)7(8(13)15-4)12-6-5-11-9(12)14/h7H,5-6H2,1-4H3,(H,11,14). The van der Waals surface area contributed by atoms with Crippen molar-refractivity contribution in [3.8, 4) is 0 Å². The van der Waals surface area contributed by atoms with Crippen molar-refractivity contribution >= 4 is 12.0 Å². The first-order valence-electron chi connectivity index (χ1n) is 5.00. The van der Waals surface area contributed by atoms with Crippen molar-refractivity contribution in [2.24, 2.45) is 5.41 Å². The van der Waals surface area contributed by atoms with Gasteiger partial charge in [0.05, 0.1) is 7.11 Å². The van der Waals surface area contributed by atoms with Crippen LogP contribution < -0.4 is 5.32 Å². The van der Waals surface area contributed by atoms with Crippen molar-refractivity contribution in [1.82, 2.24) is 10.2 Å². The van der Waals surface area contributed by atoms with Crippen LogP contribution in [-0.4, -0.2) is 43.1 Å². The van der Waals surface area contributed by atoms with Gasteiger partial charge in [-0.1, -0.05) is 20.8 Å². The van der Waals surface area contributed by atoms with Gasteiger partial charge in [-0.25, -0.2) is 9.59 Å². The van der Waals surface area contributed by atoms with Crippen molar-refractivity contribution < 1.29 is 14.3 Å². The van der Waals surface area contributed by atoms with Gasteiger partial charge < -0.3 is 15.0 Å². The fourth-order valence-electron chi connectivity index (χ4n) is 1.79. The number of nitrogens with zero attached hydrogens (tertiary/aromatic N) is 1. The third-order valence-corrected chi connectivity index (χ3v) is 2.45. The Hall–Kier alpha value is -1.26. The number of methoxy groups -OCH3 is 1. The van der Waals surface area contributed by atoms with E-state index in [0.717, 1.165) is 0 Å². The number of rotatable bonds is 2. The van der Waals surface area contributed by atoms with E-state index in [1.807, 2.05) is 20.8 Å². The molecule has 1 rings (SSSR count). The summed E-state index contributed by atoms with van der Waals surface area (Å²) in [5.41, 5.74) is -0.325. The lowest BCUT2D eigenvalue weighted by molar-refractivity contribution is -0.149. The highest BCUT2D eigenvalue weighted by atomic mass is 16.5. The summed E-state index contributed by atoms with van der Waals surface area (Å²) in [6.07, 6.45) is 0. The van der Waals surface area contributed by atoms with E-state index in [1.54, 1.807) is 0 Å². The molecule has 2 amide bonds. The Kier molecular flexibility index (Phi) is 3.21. The Balaban J connectivity index is 2.90. The first-order chi connectivity index (χ1) is 6.88. The van der Waals surface area contributed by atoms with Crippen LogP contribution in [0.15, 0.2) is 0 Å². The van der Waals surface area contributed by atoms with Gasteiger partial charge in [-0.15, -0.1) is 0 Å². The number of carbonyl (C=O) groups is 2. The molecule has 1 aliphatic rings. The molecule has 1 saturated heterocycles. The summed E-state index contributed by atoms with van der Waals surface area (Å²) in [5.74, 6) is -0.362. The molecule has 1 unspecified atom stereocenters. The van der Waals surface area contributed by atoms with Gasteiger partial charge in [0.25, 0.3) is 0 Å². The summed E-state index contributed by atoms with van der Waals surface area (Å²) >= 11 is 0. The van der Waals surface area contributed by atoms with Crippen LogP contribution >= 0.6 is 0 Å². The van der Waals surface area contributed by atoms with Crippen LogP contribution in [0.3, 0.4) is 0 Å². The summed E-state index contributed by atoms with van der Waals surface area (Å²) in [7, 11) is 1.34. The number of hydrogen-bond acceptors (Lipinski definition) is 3. The Morgan fingerprint density at radius 1 is 1.53 bits per heavy atom. The lowest BCUT2D eigenvalue weighted by Gasteiger charge is -2.34. The monoisotopic (exact) mass is 214 g/mol. The van der Waals surface area contributed by atoms with Gasteiger partial charge in [0.2, 0.25) is 0 Å². The highest BCUT2D eigenvalue weighted by molar-refractivity contribution is 5.85. The molecule has 5 heteroatoms. The van der Waals surface area contributed by atoms with E-state index in [0.29, 0.717) is 13.1 Å². The fourth-order valence-corrected chi connectivity index (χ4v) is 1.79. The first kappa shape index (κ1) is 11.8. The number of ether oxygens (including phenoxy) is 1. The van der Waals surface area contributed by atoms with Gasteiger partial charge in [-0.2, -0.15) is 0 Å². The first-order valence-corrected chi connectivity index (χ1v) is 5.00. The van der Waals surface area contributed by atoms with Crippen molar-refractivity contribution in [2.45, 2.75) is 26.8 Å². The van der Waals surface area contributed by atoms with Crippen molar-refractivity contribution in [3.05, 3.63) is 0 Å². The molecular formula is C10H18N2O3. The topological polar surface area (TPSA) is 58.6 Å². The van der Waals surface area contributed by atoms with Gasteiger partial charge in [0.15, 0.2) is 0 Å². The van der Waals surface area contributed by atoms with E-state index in [2.05, 4.69) is 5.32 Å². The van der Waals surface area contributed by atoms with Gasteiger partial charge >= 0.3 is 12.0 Å². The minimum atomic E-state index is -0.523. The zero-order valence-corrected chi connectivity index (χ0v) is 9.66. The summed E-state index contributed by atoms with van der Waals surface area (Å²) in [6, 6.07) is -0.717. The highest BCUT2D eigenvalue weighted by Crippen LogP contribution is 2.26. The molecule has 0 aromatic heterocycles. The Morgan fingerprint density at radius 3 is 2.47 bits per heavy atom. The van der Waals surface area contributed by atoms with Crippen molar-refractivity contribution in [1.29, 1.82) is 0 Å². The number of urea groups is 1. The molecule has 5 nitrogen and oxygen atoms in total. The molecule has 0 radical (unpaired) electrons. The summed E-state index contributed by atoms with van der Waals surface area (Å²) < 4.78 is 4.74. The predicted octanol–water partition coefficient (Wildman–Crippen LogP) is 0.599. The molecule has 15 heavy (non-hydrogen) atoms. The normalized spacial score (nSPS) is 18.7. The Bertz CT molecular complexity index is 270. The minimum absolute atomic E-state index is 0.194. The van der Waals surface area contributed by atoms with Crippen LogP contribution in [0.2, 0.25) is 0 Å². The van der Waals surface area contributed by atoms with Gasteiger partial charge in [0.1, 0.15) is 6.04 Å². The van der Waals surface area contributed by atoms with E-state index >= 15 is 0 Å². The van der Waals surface area contributed by atoms with Crippen molar-refractivity contribution in [2.75, 3.05) is 20.2 Å². The summed E-state index contributed by atoms with van der Waals surface area (Å²) in [4.78, 5) is 24.7. The fraction of sp³-hybridized carbons (Fsp3) is 0.800. The molecular weight excluding hydrogens is 196 g/mol. The van der Waals surface area contributed by atoms with Crippen LogP contribution in [0.5, 0.6) is 0 Å². The quantitative estimate of drug-likeness (QED) is 0.685. The minimum Gasteiger partial charge on any atom is -0.467 e. The summed E-state index contributed by atoms with van der Waals surface area (Å²) in [6.45, 7) is 6.89. The zero-order valence-electron chi connectivity index (χ0n) is 9.66. The predicted molar refractivity (Wildman–Crippen MR) is 55.4 cm³/mol. The molecule has 1 atom stereocenters. The number of amides is 2. The molecule has 0 bridgehead atoms. The molecule has 0 aromatic rings. The van der Waals surface area contributed by atoms with Crippen molar-refractivity contribution in [3.63, 3.8) is 0 Å². The van der Waals surface area contributed by atoms with E-state index in [4.69, 9.17) is 4.74 Å². The number of nitrogens with one attached hydrogen (secondary N) is 1. The number of carbonyl (C=O) groups excluding carboxylic acids is 2. The molecule has 1 fully saturated rings. The number of hydrogen-bond donors (Lipinski definition) is 1. The molecule has 0 saturated carbocycles. The maximum Gasteiger partial charge on any atom is 0.329 e. The third kappa shape index (κ3) is 2.40. The second kappa shape index (κ2) is 4.08. The Morgan fingerprint density at radius 2 is 2.13 bits per heavy atom. The second-order valence-electron chi connectivity index (χ2n) is 4.72. The van der Waals surface area contributed by atoms with Crippen LogP contribution in [0, 0.1) is 5.41 Å². The van der Waals surface area contributed by atoms with E-state index < -0.39 is 6.04 Å². The van der Waals surface area contributed by atoms with Gasteiger partial charge in [-0.3, -0.25) is 0 Å². The van der Waals surface area contributed by atoms with Crippen LogP contribution in [0.25, 0.3) is 0 Å². The highest BCUT2D eigenvalue weighted by Gasteiger charge is 2.41. The number of esters is 1. The van der Waals surface area contributed by atoms with Gasteiger partial charge in [0, 0.05) is 13.1 Å². The van der Waals surface area contributed by atoms with Crippen LogP contribution in [0.4, 0.5) is 4.79 Å². The lowest BCUT2D eigenvalue weighted by atomic mass is 9.86. The van der Waals surface area contributed by atoms with Gasteiger partial charge in [-0.05, 0) is 5.41 Å². The molecule has 0 aromatic carbocycles. The molecule has 0 aliphatic carbocycles. The SMILES string of the molecule is COC(=O)C(N1CCNC1=O)C(C)(C)C. The maximum atomic E-state index is 11.6. The summed E-state index contributed by atoms with van der Waals surface area (Å²) in [5, 5.41) is 2.68. The molecule has 86 valence electrons. The van der Waals surface area contributed by atoms with Crippen LogP contribution in [-0.2, 0) is 9.53 Å². The molecule has 1 heterocycles. The Labute approximate surface area is 89.8 Å². The molecule has 0 spiro atoms. The van der Waals surface area contributed by atoms with E-state index in [-0.39, 0.29) is 17.4 Å². The van der Waals surface area contributed by atoms with E-state index in [1.165, 1.54) is 12.0 Å².